The van der Waals surface area contributed by atoms with Crippen molar-refractivity contribution in [2.45, 2.75) is 38.1 Å². The quantitative estimate of drug-likeness (QED) is 0.781. The van der Waals surface area contributed by atoms with E-state index in [9.17, 15) is 18.0 Å². The van der Waals surface area contributed by atoms with E-state index in [0.717, 1.165) is 12.8 Å². The molecule has 0 bridgehead atoms. The molecule has 0 radical (unpaired) electrons. The first kappa shape index (κ1) is 14.2. The Morgan fingerprint density at radius 1 is 1.47 bits per heavy atom. The minimum Gasteiger partial charge on any atom is -0.367 e. The van der Waals surface area contributed by atoms with Gasteiger partial charge in [0, 0.05) is 12.6 Å². The van der Waals surface area contributed by atoms with Crippen LogP contribution in [-0.4, -0.2) is 43.9 Å². The van der Waals surface area contributed by atoms with Crippen molar-refractivity contribution >= 4 is 5.91 Å². The molecule has 1 aliphatic heterocycles. The van der Waals surface area contributed by atoms with Gasteiger partial charge in [0.15, 0.2) is 0 Å². The van der Waals surface area contributed by atoms with Crippen LogP contribution in [0.1, 0.15) is 19.8 Å². The van der Waals surface area contributed by atoms with E-state index in [1.807, 2.05) is 6.92 Å². The van der Waals surface area contributed by atoms with E-state index >= 15 is 0 Å². The Bertz CT molecular complexity index is 250. The zero-order valence-corrected chi connectivity index (χ0v) is 9.64. The highest BCUT2D eigenvalue weighted by Crippen LogP contribution is 2.12. The van der Waals surface area contributed by atoms with E-state index in [1.165, 1.54) is 0 Å². The first-order valence-electron chi connectivity index (χ1n) is 5.55. The number of nitrogens with one attached hydrogen (secondary N) is 2. The van der Waals surface area contributed by atoms with E-state index in [0.29, 0.717) is 12.6 Å². The number of hydrogen-bond acceptors (Lipinski definition) is 3. The van der Waals surface area contributed by atoms with E-state index in [1.54, 1.807) is 5.32 Å². The molecule has 2 unspecified atom stereocenters. The maximum absolute atomic E-state index is 11.8. The normalized spacial score (nSPS) is 25.6. The van der Waals surface area contributed by atoms with Gasteiger partial charge in [0.2, 0.25) is 5.91 Å². The summed E-state index contributed by atoms with van der Waals surface area (Å²) < 4.78 is 40.6. The first-order chi connectivity index (χ1) is 7.87. The lowest BCUT2D eigenvalue weighted by Crippen LogP contribution is -2.43. The zero-order chi connectivity index (χ0) is 12.9. The third-order valence-corrected chi connectivity index (χ3v) is 2.55. The number of halogens is 3. The van der Waals surface area contributed by atoms with E-state index in [-0.39, 0.29) is 12.7 Å². The SMILES string of the molecule is CC1CCC(OCC(=O)NCC(F)(F)F)CN1. The summed E-state index contributed by atoms with van der Waals surface area (Å²) in [5.41, 5.74) is 0. The number of carbonyl (C=O) groups excluding carboxylic acids is 1. The van der Waals surface area contributed by atoms with Gasteiger partial charge in [-0.05, 0) is 19.8 Å². The topological polar surface area (TPSA) is 50.4 Å². The number of alkyl halides is 3. The highest BCUT2D eigenvalue weighted by atomic mass is 19.4. The van der Waals surface area contributed by atoms with E-state index in [2.05, 4.69) is 5.32 Å². The molecule has 1 rings (SSSR count). The Balaban J connectivity index is 2.11. The summed E-state index contributed by atoms with van der Waals surface area (Å²) >= 11 is 0. The molecule has 1 fully saturated rings. The van der Waals surface area contributed by atoms with Gasteiger partial charge < -0.3 is 15.4 Å². The van der Waals surface area contributed by atoms with Gasteiger partial charge in [-0.25, -0.2) is 0 Å². The molecule has 4 nitrogen and oxygen atoms in total. The molecule has 100 valence electrons. The molecule has 17 heavy (non-hydrogen) atoms. The largest absolute Gasteiger partial charge is 0.405 e. The number of piperidine rings is 1. The molecular formula is C10H17F3N2O2. The van der Waals surface area contributed by atoms with Crippen LogP contribution >= 0.6 is 0 Å². The Morgan fingerprint density at radius 2 is 2.18 bits per heavy atom. The number of carbonyl (C=O) groups is 1. The van der Waals surface area contributed by atoms with Crippen molar-refractivity contribution in [2.24, 2.45) is 0 Å². The van der Waals surface area contributed by atoms with Gasteiger partial charge >= 0.3 is 6.18 Å². The smallest absolute Gasteiger partial charge is 0.367 e. The van der Waals surface area contributed by atoms with Crippen LogP contribution in [0.5, 0.6) is 0 Å². The Kier molecular flexibility index (Phi) is 5.20. The number of rotatable bonds is 4. The Hall–Kier alpha value is -0.820. The van der Waals surface area contributed by atoms with Crippen molar-refractivity contribution in [3.05, 3.63) is 0 Å². The summed E-state index contributed by atoms with van der Waals surface area (Å²) in [7, 11) is 0. The van der Waals surface area contributed by atoms with Crippen LogP contribution < -0.4 is 10.6 Å². The minimum absolute atomic E-state index is 0.0946. The lowest BCUT2D eigenvalue weighted by Gasteiger charge is -2.27. The second-order valence-electron chi connectivity index (χ2n) is 4.21. The molecule has 2 N–H and O–H groups in total. The summed E-state index contributed by atoms with van der Waals surface area (Å²) in [5.74, 6) is -0.735. The molecule has 7 heteroatoms. The molecule has 0 aliphatic carbocycles. The van der Waals surface area contributed by atoms with Crippen LogP contribution in [-0.2, 0) is 9.53 Å². The summed E-state index contributed by atoms with van der Waals surface area (Å²) in [6.07, 6.45) is -2.71. The fourth-order valence-electron chi connectivity index (χ4n) is 1.56. The van der Waals surface area contributed by atoms with Crippen LogP contribution in [0.4, 0.5) is 13.2 Å². The highest BCUT2D eigenvalue weighted by molar-refractivity contribution is 5.77. The average molecular weight is 254 g/mol. The Morgan fingerprint density at radius 3 is 2.71 bits per heavy atom. The fraction of sp³-hybridized carbons (Fsp3) is 0.900. The van der Waals surface area contributed by atoms with Gasteiger partial charge in [0.25, 0.3) is 0 Å². The third-order valence-electron chi connectivity index (χ3n) is 2.55. The molecular weight excluding hydrogens is 237 g/mol. The second-order valence-corrected chi connectivity index (χ2v) is 4.21. The molecule has 0 saturated carbocycles. The fourth-order valence-corrected chi connectivity index (χ4v) is 1.56. The predicted octanol–water partition coefficient (Wildman–Crippen LogP) is 0.822. The second kappa shape index (κ2) is 6.20. The number of ether oxygens (including phenoxy) is 1. The minimum atomic E-state index is -4.38. The van der Waals surface area contributed by atoms with Crippen molar-refractivity contribution in [3.8, 4) is 0 Å². The first-order valence-corrected chi connectivity index (χ1v) is 5.55. The van der Waals surface area contributed by atoms with Crippen LogP contribution in [0, 0.1) is 0 Å². The lowest BCUT2D eigenvalue weighted by atomic mass is 10.0. The van der Waals surface area contributed by atoms with E-state index < -0.39 is 18.6 Å². The monoisotopic (exact) mass is 254 g/mol. The molecule has 1 aliphatic rings. The molecule has 2 atom stereocenters. The van der Waals surface area contributed by atoms with Gasteiger partial charge in [0.1, 0.15) is 13.2 Å². The molecule has 1 saturated heterocycles. The highest BCUT2D eigenvalue weighted by Gasteiger charge is 2.28. The summed E-state index contributed by atoms with van der Waals surface area (Å²) in [6.45, 7) is 1.05. The maximum Gasteiger partial charge on any atom is 0.405 e. The van der Waals surface area contributed by atoms with Gasteiger partial charge in [-0.1, -0.05) is 0 Å². The van der Waals surface area contributed by atoms with E-state index in [4.69, 9.17) is 4.74 Å². The van der Waals surface area contributed by atoms with Crippen molar-refractivity contribution in [1.82, 2.24) is 10.6 Å². The van der Waals surface area contributed by atoms with Crippen LogP contribution in [0.25, 0.3) is 0 Å². The molecule has 1 amide bonds. The van der Waals surface area contributed by atoms with Crippen LogP contribution in [0.2, 0.25) is 0 Å². The third kappa shape index (κ3) is 6.48. The average Bonchev–Trinajstić information content (AvgIpc) is 2.25. The van der Waals surface area contributed by atoms with Crippen molar-refractivity contribution in [3.63, 3.8) is 0 Å². The van der Waals surface area contributed by atoms with Crippen molar-refractivity contribution in [1.29, 1.82) is 0 Å². The molecule has 0 spiro atoms. The van der Waals surface area contributed by atoms with Gasteiger partial charge in [-0.15, -0.1) is 0 Å². The lowest BCUT2D eigenvalue weighted by molar-refractivity contribution is -0.142. The number of amides is 1. The van der Waals surface area contributed by atoms with Crippen LogP contribution in [0.15, 0.2) is 0 Å². The van der Waals surface area contributed by atoms with Crippen molar-refractivity contribution in [2.75, 3.05) is 19.7 Å². The zero-order valence-electron chi connectivity index (χ0n) is 9.64. The standard InChI is InChI=1S/C10H17F3N2O2/c1-7-2-3-8(4-14-7)17-5-9(16)15-6-10(11,12)13/h7-8,14H,2-6H2,1H3,(H,15,16). The van der Waals surface area contributed by atoms with Crippen molar-refractivity contribution < 1.29 is 22.7 Å². The molecule has 0 aromatic heterocycles. The van der Waals surface area contributed by atoms with Gasteiger partial charge in [-0.3, -0.25) is 4.79 Å². The molecule has 0 aromatic rings. The predicted molar refractivity (Wildman–Crippen MR) is 55.5 cm³/mol. The number of hydrogen-bond donors (Lipinski definition) is 2. The van der Waals surface area contributed by atoms with Gasteiger partial charge in [0.05, 0.1) is 6.10 Å². The molecule has 0 aromatic carbocycles. The molecule has 1 heterocycles. The Labute approximate surface area is 97.9 Å². The summed E-state index contributed by atoms with van der Waals surface area (Å²) in [4.78, 5) is 11.0. The van der Waals surface area contributed by atoms with Gasteiger partial charge in [-0.2, -0.15) is 13.2 Å². The van der Waals surface area contributed by atoms with Crippen LogP contribution in [0.3, 0.4) is 0 Å². The summed E-state index contributed by atoms with van der Waals surface area (Å²) in [5, 5.41) is 4.94. The maximum atomic E-state index is 11.8. The summed E-state index contributed by atoms with van der Waals surface area (Å²) in [6, 6.07) is 0.425.